The number of nitrogens with zero attached hydrogens (tertiary/aromatic N) is 3. The monoisotopic (exact) mass is 493 g/mol. The van der Waals surface area contributed by atoms with Gasteiger partial charge in [0.05, 0.1) is 5.69 Å². The smallest absolute Gasteiger partial charge is 0.265 e. The number of hydrogen-bond acceptors (Lipinski definition) is 6. The highest BCUT2D eigenvalue weighted by atomic mass is 16.5. The topological polar surface area (TPSA) is 79.4 Å². The van der Waals surface area contributed by atoms with Crippen LogP contribution in [0.3, 0.4) is 0 Å². The van der Waals surface area contributed by atoms with Crippen molar-refractivity contribution in [2.75, 3.05) is 57.4 Å². The van der Waals surface area contributed by atoms with E-state index in [0.717, 1.165) is 43.9 Å². The summed E-state index contributed by atoms with van der Waals surface area (Å²) >= 11 is 0. The molecule has 0 radical (unpaired) electrons. The second kappa shape index (κ2) is 11.6. The van der Waals surface area contributed by atoms with Crippen LogP contribution in [0.2, 0.25) is 0 Å². The number of anilines is 1. The van der Waals surface area contributed by atoms with Gasteiger partial charge in [0.2, 0.25) is 5.91 Å². The Labute approximate surface area is 212 Å². The number of benzene rings is 2. The maximum atomic E-state index is 12.9. The van der Waals surface area contributed by atoms with Gasteiger partial charge in [-0.25, -0.2) is 0 Å². The predicted octanol–water partition coefficient (Wildman–Crippen LogP) is 3.23. The lowest BCUT2D eigenvalue weighted by molar-refractivity contribution is -0.133. The zero-order valence-electron chi connectivity index (χ0n) is 21.4. The Kier molecular flexibility index (Phi) is 8.25. The van der Waals surface area contributed by atoms with E-state index in [0.29, 0.717) is 42.1 Å². The number of aryl methyl sites for hydroxylation is 2. The second-order valence-electron chi connectivity index (χ2n) is 9.42. The SMILES string of the molecule is CCN1CCN(C(=O)CCCN2C(=O)COc3ccc(C(=O)COc4cc(C)ccc4C)cc32)CC1. The number of hydrogen-bond donors (Lipinski definition) is 0. The van der Waals surface area contributed by atoms with E-state index in [1.165, 1.54) is 0 Å². The van der Waals surface area contributed by atoms with Gasteiger partial charge in [0.25, 0.3) is 5.91 Å². The van der Waals surface area contributed by atoms with Crippen LogP contribution in [0.4, 0.5) is 5.69 Å². The van der Waals surface area contributed by atoms with Crippen molar-refractivity contribution in [3.05, 3.63) is 53.1 Å². The molecule has 192 valence electrons. The summed E-state index contributed by atoms with van der Waals surface area (Å²) in [5.74, 6) is 1.01. The standard InChI is InChI=1S/C28H35N3O5/c1-4-29-12-14-30(15-13-29)27(33)6-5-11-31-23-17-22(9-10-25(23)36-19-28(31)34)24(32)18-35-26-16-20(2)7-8-21(26)3/h7-10,16-17H,4-6,11-15,18-19H2,1-3H3. The Bertz CT molecular complexity index is 1120. The largest absolute Gasteiger partial charge is 0.485 e. The molecule has 0 saturated carbocycles. The molecule has 8 heteroatoms. The van der Waals surface area contributed by atoms with Gasteiger partial charge in [-0.15, -0.1) is 0 Å². The number of carbonyl (C=O) groups excluding carboxylic acids is 3. The lowest BCUT2D eigenvalue weighted by Gasteiger charge is -2.34. The van der Waals surface area contributed by atoms with E-state index < -0.39 is 0 Å². The van der Waals surface area contributed by atoms with Crippen molar-refractivity contribution in [2.24, 2.45) is 0 Å². The first-order valence-corrected chi connectivity index (χ1v) is 12.7. The van der Waals surface area contributed by atoms with E-state index in [2.05, 4.69) is 11.8 Å². The highest BCUT2D eigenvalue weighted by Gasteiger charge is 2.27. The predicted molar refractivity (Wildman–Crippen MR) is 138 cm³/mol. The number of carbonyl (C=O) groups is 3. The zero-order valence-corrected chi connectivity index (χ0v) is 21.4. The van der Waals surface area contributed by atoms with Crippen LogP contribution in [-0.2, 0) is 9.59 Å². The van der Waals surface area contributed by atoms with Crippen LogP contribution in [0.1, 0.15) is 41.3 Å². The maximum absolute atomic E-state index is 12.9. The molecule has 0 aromatic heterocycles. The number of ketones is 1. The molecular formula is C28H35N3O5. The van der Waals surface area contributed by atoms with Crippen LogP contribution in [0, 0.1) is 13.8 Å². The molecule has 0 unspecified atom stereocenters. The fourth-order valence-corrected chi connectivity index (χ4v) is 4.57. The highest BCUT2D eigenvalue weighted by Crippen LogP contribution is 2.33. The fraction of sp³-hybridized carbons (Fsp3) is 0.464. The lowest BCUT2D eigenvalue weighted by Crippen LogP contribution is -2.48. The zero-order chi connectivity index (χ0) is 25.7. The minimum atomic E-state index is -0.182. The van der Waals surface area contributed by atoms with Crippen molar-refractivity contribution in [1.82, 2.24) is 9.80 Å². The van der Waals surface area contributed by atoms with Crippen molar-refractivity contribution >= 4 is 23.3 Å². The van der Waals surface area contributed by atoms with Crippen molar-refractivity contribution in [3.63, 3.8) is 0 Å². The second-order valence-corrected chi connectivity index (χ2v) is 9.42. The van der Waals surface area contributed by atoms with Crippen LogP contribution >= 0.6 is 0 Å². The molecule has 2 heterocycles. The molecule has 2 aliphatic rings. The molecule has 8 nitrogen and oxygen atoms in total. The Hall–Kier alpha value is -3.39. The lowest BCUT2D eigenvalue weighted by atomic mass is 10.1. The highest BCUT2D eigenvalue weighted by molar-refractivity contribution is 6.02. The fourth-order valence-electron chi connectivity index (χ4n) is 4.57. The van der Waals surface area contributed by atoms with Gasteiger partial charge >= 0.3 is 0 Å². The number of amides is 2. The van der Waals surface area contributed by atoms with Crippen LogP contribution in [0.25, 0.3) is 0 Å². The van der Waals surface area contributed by atoms with Gasteiger partial charge in [-0.05, 0) is 62.2 Å². The van der Waals surface area contributed by atoms with E-state index in [1.807, 2.05) is 36.9 Å². The summed E-state index contributed by atoms with van der Waals surface area (Å²) in [5.41, 5.74) is 3.04. The summed E-state index contributed by atoms with van der Waals surface area (Å²) in [5, 5.41) is 0. The van der Waals surface area contributed by atoms with Crippen LogP contribution in [0.15, 0.2) is 36.4 Å². The molecule has 0 spiro atoms. The van der Waals surface area contributed by atoms with Gasteiger partial charge < -0.3 is 24.2 Å². The number of piperazine rings is 1. The van der Waals surface area contributed by atoms with Crippen molar-refractivity contribution in [3.8, 4) is 11.5 Å². The summed E-state index contributed by atoms with van der Waals surface area (Å²) in [4.78, 5) is 44.1. The minimum absolute atomic E-state index is 0.0526. The average molecular weight is 494 g/mol. The minimum Gasteiger partial charge on any atom is -0.485 e. The van der Waals surface area contributed by atoms with Gasteiger partial charge in [-0.1, -0.05) is 19.1 Å². The molecule has 0 N–H and O–H groups in total. The Morgan fingerprint density at radius 1 is 1.03 bits per heavy atom. The molecule has 2 aromatic rings. The quantitative estimate of drug-likeness (QED) is 0.499. The third-order valence-electron chi connectivity index (χ3n) is 6.87. The third-order valence-corrected chi connectivity index (χ3v) is 6.87. The van der Waals surface area contributed by atoms with Gasteiger partial charge in [0, 0.05) is 44.7 Å². The molecular weight excluding hydrogens is 458 g/mol. The maximum Gasteiger partial charge on any atom is 0.265 e. The molecule has 2 aliphatic heterocycles. The van der Waals surface area contributed by atoms with E-state index in [1.54, 1.807) is 23.1 Å². The number of ether oxygens (including phenoxy) is 2. The number of likely N-dealkylation sites (N-methyl/N-ethyl adjacent to an activating group) is 1. The first-order chi connectivity index (χ1) is 17.4. The molecule has 1 fully saturated rings. The van der Waals surface area contributed by atoms with Crippen LogP contribution in [0.5, 0.6) is 11.5 Å². The van der Waals surface area contributed by atoms with Gasteiger partial charge in [-0.2, -0.15) is 0 Å². The summed E-state index contributed by atoms with van der Waals surface area (Å²) in [7, 11) is 0. The summed E-state index contributed by atoms with van der Waals surface area (Å²) < 4.78 is 11.4. The third kappa shape index (κ3) is 6.05. The van der Waals surface area contributed by atoms with Gasteiger partial charge in [0.15, 0.2) is 19.0 Å². The van der Waals surface area contributed by atoms with Gasteiger partial charge in [0.1, 0.15) is 11.5 Å². The number of fused-ring (bicyclic) bond motifs is 1. The Morgan fingerprint density at radius 3 is 2.56 bits per heavy atom. The molecule has 2 amide bonds. The van der Waals surface area contributed by atoms with Crippen LogP contribution < -0.4 is 14.4 Å². The molecule has 4 rings (SSSR count). The average Bonchev–Trinajstić information content (AvgIpc) is 2.89. The first kappa shape index (κ1) is 25.7. The summed E-state index contributed by atoms with van der Waals surface area (Å²) in [6, 6.07) is 11.0. The van der Waals surface area contributed by atoms with Crippen molar-refractivity contribution in [1.29, 1.82) is 0 Å². The Morgan fingerprint density at radius 2 is 1.81 bits per heavy atom. The van der Waals surface area contributed by atoms with E-state index in [-0.39, 0.29) is 30.8 Å². The summed E-state index contributed by atoms with van der Waals surface area (Å²) in [6.07, 6.45) is 0.931. The van der Waals surface area contributed by atoms with E-state index in [9.17, 15) is 14.4 Å². The van der Waals surface area contributed by atoms with Crippen molar-refractivity contribution < 1.29 is 23.9 Å². The normalized spacial score (nSPS) is 15.9. The first-order valence-electron chi connectivity index (χ1n) is 12.7. The molecule has 1 saturated heterocycles. The molecule has 0 bridgehead atoms. The Balaban J connectivity index is 1.37. The molecule has 0 aliphatic carbocycles. The summed E-state index contributed by atoms with van der Waals surface area (Å²) in [6.45, 7) is 10.6. The van der Waals surface area contributed by atoms with Crippen LogP contribution in [-0.4, -0.2) is 79.9 Å². The molecule has 2 aromatic carbocycles. The van der Waals surface area contributed by atoms with Crippen molar-refractivity contribution in [2.45, 2.75) is 33.6 Å². The van der Waals surface area contributed by atoms with E-state index >= 15 is 0 Å². The van der Waals surface area contributed by atoms with E-state index in [4.69, 9.17) is 9.47 Å². The number of rotatable bonds is 9. The number of Topliss-reactive ketones (excluding diaryl/α,β-unsaturated/α-hetero) is 1. The molecule has 0 atom stereocenters. The molecule has 36 heavy (non-hydrogen) atoms. The van der Waals surface area contributed by atoms with Gasteiger partial charge in [-0.3, -0.25) is 14.4 Å².